The van der Waals surface area contributed by atoms with Crippen LogP contribution >= 0.6 is 0 Å². The van der Waals surface area contributed by atoms with E-state index in [1.54, 1.807) is 6.07 Å². The lowest BCUT2D eigenvalue weighted by atomic mass is 9.96. The van der Waals surface area contributed by atoms with E-state index in [2.05, 4.69) is 0 Å². The van der Waals surface area contributed by atoms with Gasteiger partial charge in [-0.05, 0) is 30.5 Å². The number of methoxy groups -OCH3 is 1. The minimum Gasteiger partial charge on any atom is -0.494 e. The van der Waals surface area contributed by atoms with Crippen molar-refractivity contribution in [3.63, 3.8) is 0 Å². The molecule has 18 heavy (non-hydrogen) atoms. The molecule has 0 aliphatic heterocycles. The molecule has 3 nitrogen and oxygen atoms in total. The number of aliphatic hydroxyl groups excluding tert-OH is 1. The number of benzene rings is 1. The smallest absolute Gasteiger partial charge is 0.165 e. The Kier molecular flexibility index (Phi) is 5.56. The molecule has 0 bridgehead atoms. The molecule has 0 heterocycles. The summed E-state index contributed by atoms with van der Waals surface area (Å²) in [6, 6.07) is 4.45. The molecule has 0 aliphatic carbocycles. The van der Waals surface area contributed by atoms with Gasteiger partial charge in [0.25, 0.3) is 0 Å². The zero-order valence-electron chi connectivity index (χ0n) is 11.3. The standard InChI is InChI=1S/C14H21FO3/c1-5-18-14(9(2)3)13(16)10-6-7-12(17-4)11(15)8-10/h6-9,13-14,16H,5H2,1-4H3. The second-order valence-corrected chi connectivity index (χ2v) is 4.50. The predicted octanol–water partition coefficient (Wildman–Crippen LogP) is 2.93. The maximum Gasteiger partial charge on any atom is 0.165 e. The average Bonchev–Trinajstić information content (AvgIpc) is 2.34. The van der Waals surface area contributed by atoms with Gasteiger partial charge >= 0.3 is 0 Å². The lowest BCUT2D eigenvalue weighted by Crippen LogP contribution is -2.28. The molecular formula is C14H21FO3. The van der Waals surface area contributed by atoms with Crippen molar-refractivity contribution in [2.75, 3.05) is 13.7 Å². The Morgan fingerprint density at radius 3 is 2.44 bits per heavy atom. The molecule has 0 saturated heterocycles. The highest BCUT2D eigenvalue weighted by Gasteiger charge is 2.25. The zero-order chi connectivity index (χ0) is 13.7. The molecule has 0 amide bonds. The van der Waals surface area contributed by atoms with Gasteiger partial charge in [0.15, 0.2) is 11.6 Å². The number of aliphatic hydroxyl groups is 1. The van der Waals surface area contributed by atoms with Crippen molar-refractivity contribution in [1.82, 2.24) is 0 Å². The van der Waals surface area contributed by atoms with Crippen molar-refractivity contribution in [3.8, 4) is 5.75 Å². The van der Waals surface area contributed by atoms with Crippen molar-refractivity contribution >= 4 is 0 Å². The summed E-state index contributed by atoms with van der Waals surface area (Å²) >= 11 is 0. The Labute approximate surface area is 108 Å². The number of hydrogen-bond donors (Lipinski definition) is 1. The molecule has 0 spiro atoms. The highest BCUT2D eigenvalue weighted by atomic mass is 19.1. The normalized spacial score (nSPS) is 14.6. The molecule has 0 fully saturated rings. The second-order valence-electron chi connectivity index (χ2n) is 4.50. The minimum atomic E-state index is -0.842. The first-order valence-corrected chi connectivity index (χ1v) is 6.14. The summed E-state index contributed by atoms with van der Waals surface area (Å²) in [5, 5.41) is 10.2. The van der Waals surface area contributed by atoms with Crippen LogP contribution in [0.15, 0.2) is 18.2 Å². The van der Waals surface area contributed by atoms with Gasteiger partial charge in [0.05, 0.1) is 13.2 Å². The van der Waals surface area contributed by atoms with Gasteiger partial charge in [-0.25, -0.2) is 4.39 Å². The van der Waals surface area contributed by atoms with E-state index >= 15 is 0 Å². The molecule has 1 rings (SSSR count). The zero-order valence-corrected chi connectivity index (χ0v) is 11.3. The van der Waals surface area contributed by atoms with Crippen LogP contribution in [0, 0.1) is 11.7 Å². The van der Waals surface area contributed by atoms with E-state index in [4.69, 9.17) is 9.47 Å². The molecule has 0 radical (unpaired) electrons. The summed E-state index contributed by atoms with van der Waals surface area (Å²) in [6.07, 6.45) is -1.19. The van der Waals surface area contributed by atoms with Crippen LogP contribution in [0.5, 0.6) is 5.75 Å². The van der Waals surface area contributed by atoms with Gasteiger partial charge in [0, 0.05) is 6.61 Å². The molecule has 4 heteroatoms. The molecule has 102 valence electrons. The highest BCUT2D eigenvalue weighted by Crippen LogP contribution is 2.27. The molecule has 1 aromatic carbocycles. The predicted molar refractivity (Wildman–Crippen MR) is 68.2 cm³/mol. The molecule has 1 aromatic rings. The van der Waals surface area contributed by atoms with Crippen LogP contribution in [-0.2, 0) is 4.74 Å². The summed E-state index contributed by atoms with van der Waals surface area (Å²) in [4.78, 5) is 0. The SMILES string of the molecule is CCOC(C(C)C)C(O)c1ccc(OC)c(F)c1. The van der Waals surface area contributed by atoms with E-state index in [9.17, 15) is 9.50 Å². The van der Waals surface area contributed by atoms with Crippen LogP contribution in [0.3, 0.4) is 0 Å². The first-order chi connectivity index (χ1) is 8.51. The first kappa shape index (κ1) is 14.9. The van der Waals surface area contributed by atoms with Crippen molar-refractivity contribution in [3.05, 3.63) is 29.6 Å². The Morgan fingerprint density at radius 2 is 2.00 bits per heavy atom. The van der Waals surface area contributed by atoms with Crippen LogP contribution in [-0.4, -0.2) is 24.9 Å². The number of hydrogen-bond acceptors (Lipinski definition) is 3. The summed E-state index contributed by atoms with van der Waals surface area (Å²) in [6.45, 7) is 6.31. The third kappa shape index (κ3) is 3.43. The van der Waals surface area contributed by atoms with Crippen molar-refractivity contribution < 1.29 is 19.0 Å². The lowest BCUT2D eigenvalue weighted by Gasteiger charge is -2.26. The first-order valence-electron chi connectivity index (χ1n) is 6.14. The lowest BCUT2D eigenvalue weighted by molar-refractivity contribution is -0.0586. The minimum absolute atomic E-state index is 0.144. The van der Waals surface area contributed by atoms with Crippen LogP contribution in [0.2, 0.25) is 0 Å². The fraction of sp³-hybridized carbons (Fsp3) is 0.571. The maximum atomic E-state index is 13.6. The van der Waals surface area contributed by atoms with Crippen molar-refractivity contribution in [2.45, 2.75) is 33.0 Å². The fourth-order valence-electron chi connectivity index (χ4n) is 1.90. The molecule has 0 saturated carbocycles. The third-order valence-corrected chi connectivity index (χ3v) is 2.84. The molecule has 1 N–H and O–H groups in total. The summed E-state index contributed by atoms with van der Waals surface area (Å²) in [7, 11) is 1.41. The van der Waals surface area contributed by atoms with Gasteiger partial charge in [-0.1, -0.05) is 19.9 Å². The quantitative estimate of drug-likeness (QED) is 0.850. The molecule has 0 aliphatic rings. The summed E-state index contributed by atoms with van der Waals surface area (Å²) in [5.74, 6) is -0.165. The average molecular weight is 256 g/mol. The van der Waals surface area contributed by atoms with Crippen molar-refractivity contribution in [1.29, 1.82) is 0 Å². The molecule has 2 unspecified atom stereocenters. The van der Waals surface area contributed by atoms with E-state index < -0.39 is 11.9 Å². The summed E-state index contributed by atoms with van der Waals surface area (Å²) in [5.41, 5.74) is 0.500. The highest BCUT2D eigenvalue weighted by molar-refractivity contribution is 5.30. The van der Waals surface area contributed by atoms with Gasteiger partial charge in [0.1, 0.15) is 6.10 Å². The van der Waals surface area contributed by atoms with Gasteiger partial charge < -0.3 is 14.6 Å². The van der Waals surface area contributed by atoms with Gasteiger partial charge in [-0.3, -0.25) is 0 Å². The number of halogens is 1. The fourth-order valence-corrected chi connectivity index (χ4v) is 1.90. The van der Waals surface area contributed by atoms with E-state index in [0.29, 0.717) is 12.2 Å². The Bertz CT molecular complexity index is 379. The van der Waals surface area contributed by atoms with Gasteiger partial charge in [-0.15, -0.1) is 0 Å². The monoisotopic (exact) mass is 256 g/mol. The number of rotatable bonds is 6. The molecule has 2 atom stereocenters. The topological polar surface area (TPSA) is 38.7 Å². The van der Waals surface area contributed by atoms with Gasteiger partial charge in [0.2, 0.25) is 0 Å². The van der Waals surface area contributed by atoms with E-state index in [1.807, 2.05) is 20.8 Å². The van der Waals surface area contributed by atoms with Gasteiger partial charge in [-0.2, -0.15) is 0 Å². The maximum absolute atomic E-state index is 13.6. The Hall–Kier alpha value is -1.13. The van der Waals surface area contributed by atoms with E-state index in [0.717, 1.165) is 0 Å². The summed E-state index contributed by atoms with van der Waals surface area (Å²) < 4.78 is 23.9. The molecular weight excluding hydrogens is 235 g/mol. The molecule has 0 aromatic heterocycles. The largest absolute Gasteiger partial charge is 0.494 e. The second kappa shape index (κ2) is 6.71. The van der Waals surface area contributed by atoms with Crippen molar-refractivity contribution in [2.24, 2.45) is 5.92 Å². The van der Waals surface area contributed by atoms with Crippen LogP contribution < -0.4 is 4.74 Å². The van der Waals surface area contributed by atoms with Crippen LogP contribution in [0.25, 0.3) is 0 Å². The Balaban J connectivity index is 2.94. The van der Waals surface area contributed by atoms with Crippen LogP contribution in [0.1, 0.15) is 32.4 Å². The third-order valence-electron chi connectivity index (χ3n) is 2.84. The number of ether oxygens (including phenoxy) is 2. The van der Waals surface area contributed by atoms with Crippen LogP contribution in [0.4, 0.5) is 4.39 Å². The van der Waals surface area contributed by atoms with E-state index in [-0.39, 0.29) is 17.8 Å². The Morgan fingerprint density at radius 1 is 1.33 bits per heavy atom. The van der Waals surface area contributed by atoms with E-state index in [1.165, 1.54) is 19.2 Å².